The van der Waals surface area contributed by atoms with Crippen molar-refractivity contribution in [2.75, 3.05) is 6.54 Å². The van der Waals surface area contributed by atoms with Gasteiger partial charge in [-0.05, 0) is 77.7 Å². The van der Waals surface area contributed by atoms with Gasteiger partial charge in [0.25, 0.3) is 0 Å². The second kappa shape index (κ2) is 8.49. The molecule has 0 aliphatic carbocycles. The van der Waals surface area contributed by atoms with E-state index in [0.717, 1.165) is 38.8 Å². The highest BCUT2D eigenvalue weighted by Crippen LogP contribution is 2.35. The van der Waals surface area contributed by atoms with E-state index in [1.165, 1.54) is 0 Å². The lowest BCUT2D eigenvalue weighted by molar-refractivity contribution is 0.583. The van der Waals surface area contributed by atoms with E-state index in [2.05, 4.69) is 6.07 Å². The molecule has 3 aromatic rings. The second-order valence-corrected chi connectivity index (χ2v) is 7.61. The van der Waals surface area contributed by atoms with E-state index in [1.807, 2.05) is 62.4 Å². The molecule has 0 saturated carbocycles. The highest BCUT2D eigenvalue weighted by molar-refractivity contribution is 6.68. The van der Waals surface area contributed by atoms with E-state index in [0.29, 0.717) is 22.9 Å². The Morgan fingerprint density at radius 2 is 1.48 bits per heavy atom. The van der Waals surface area contributed by atoms with Crippen molar-refractivity contribution in [2.45, 2.75) is 20.2 Å². The fourth-order valence-corrected chi connectivity index (χ4v) is 3.59. The summed E-state index contributed by atoms with van der Waals surface area (Å²) in [4.78, 5) is 0. The molecule has 0 spiro atoms. The van der Waals surface area contributed by atoms with E-state index < -0.39 is 6.92 Å². The molecule has 0 fully saturated rings. The lowest BCUT2D eigenvalue weighted by atomic mass is 9.56. The summed E-state index contributed by atoms with van der Waals surface area (Å²) in [6, 6.07) is 17.9. The van der Waals surface area contributed by atoms with Crippen molar-refractivity contribution in [3.8, 4) is 22.3 Å². The van der Waals surface area contributed by atoms with Crippen LogP contribution in [0, 0.1) is 13.8 Å². The fraction of sp³-hybridized carbons (Fsp3) is 0.182. The van der Waals surface area contributed by atoms with Crippen molar-refractivity contribution in [3.63, 3.8) is 0 Å². The quantitative estimate of drug-likeness (QED) is 0.588. The number of rotatable bonds is 5. The number of aryl methyl sites for hydroxylation is 2. The van der Waals surface area contributed by atoms with E-state index in [9.17, 15) is 5.02 Å². The molecule has 0 aromatic heterocycles. The zero-order valence-electron chi connectivity index (χ0n) is 15.5. The maximum absolute atomic E-state index is 10.7. The van der Waals surface area contributed by atoms with E-state index in [1.54, 1.807) is 0 Å². The number of hydrogen-bond acceptors (Lipinski definition) is 2. The third-order valence-electron chi connectivity index (χ3n) is 4.84. The maximum atomic E-state index is 10.7. The first-order valence-corrected chi connectivity index (χ1v) is 9.72. The van der Waals surface area contributed by atoms with Crippen LogP contribution in [0.1, 0.15) is 11.1 Å². The molecule has 5 heteroatoms. The van der Waals surface area contributed by atoms with Gasteiger partial charge in [0.2, 0.25) is 0 Å². The van der Waals surface area contributed by atoms with Gasteiger partial charge in [-0.2, -0.15) is 0 Å². The van der Waals surface area contributed by atoms with Gasteiger partial charge in [0.05, 0.1) is 0 Å². The van der Waals surface area contributed by atoms with Gasteiger partial charge in [-0.3, -0.25) is 0 Å². The highest BCUT2D eigenvalue weighted by atomic mass is 35.5. The molecule has 2 nitrogen and oxygen atoms in total. The van der Waals surface area contributed by atoms with Gasteiger partial charge < -0.3 is 10.8 Å². The van der Waals surface area contributed by atoms with Crippen LogP contribution in [0.15, 0.2) is 54.6 Å². The van der Waals surface area contributed by atoms with Crippen LogP contribution in [-0.2, 0) is 0 Å². The van der Waals surface area contributed by atoms with Gasteiger partial charge >= 0.3 is 6.92 Å². The molecule has 3 aromatic carbocycles. The molecule has 0 bridgehead atoms. The van der Waals surface area contributed by atoms with Gasteiger partial charge in [0, 0.05) is 10.0 Å². The normalized spacial score (nSPS) is 10.9. The van der Waals surface area contributed by atoms with Crippen LogP contribution >= 0.6 is 23.2 Å². The van der Waals surface area contributed by atoms with Gasteiger partial charge in [-0.25, -0.2) is 0 Å². The first kappa shape index (κ1) is 20.0. The van der Waals surface area contributed by atoms with Crippen LogP contribution in [0.5, 0.6) is 0 Å². The smallest absolute Gasteiger partial charge is 0.325 e. The van der Waals surface area contributed by atoms with Gasteiger partial charge in [0.1, 0.15) is 0 Å². The monoisotopic (exact) mass is 397 g/mol. The second-order valence-electron chi connectivity index (χ2n) is 6.79. The Hall–Kier alpha value is -1.78. The molecule has 0 heterocycles. The third kappa shape index (κ3) is 4.22. The standard InChI is InChI=1S/C22H22BCl2NO/c1-14-6-8-16(12-20(14)24)18-4-3-5-19(23(27)10-11-26)22(18)17-9-7-15(2)21(25)13-17/h3-9,12-13,27H,10-11,26H2,1-2H3. The molecule has 0 amide bonds. The van der Waals surface area contributed by atoms with E-state index >= 15 is 0 Å². The van der Waals surface area contributed by atoms with Gasteiger partial charge in [0.15, 0.2) is 0 Å². The SMILES string of the molecule is Cc1ccc(-c2cccc(B(O)CCN)c2-c2ccc(C)c(Cl)c2)cc1Cl. The average molecular weight is 398 g/mol. The highest BCUT2D eigenvalue weighted by Gasteiger charge is 2.21. The molecule has 0 atom stereocenters. The Morgan fingerprint density at radius 3 is 2.07 bits per heavy atom. The first-order chi connectivity index (χ1) is 12.9. The van der Waals surface area contributed by atoms with Crippen molar-refractivity contribution >= 4 is 35.6 Å². The minimum absolute atomic E-state index is 0.413. The van der Waals surface area contributed by atoms with Crippen LogP contribution in [-0.4, -0.2) is 18.5 Å². The Bertz CT molecular complexity index is 975. The predicted octanol–water partition coefficient (Wildman–Crippen LogP) is 5.09. The molecule has 0 aliphatic heterocycles. The Morgan fingerprint density at radius 1 is 0.889 bits per heavy atom. The van der Waals surface area contributed by atoms with E-state index in [-0.39, 0.29) is 0 Å². The van der Waals surface area contributed by atoms with Crippen molar-refractivity contribution in [1.29, 1.82) is 0 Å². The summed E-state index contributed by atoms with van der Waals surface area (Å²) in [6.07, 6.45) is 0.491. The molecule has 138 valence electrons. The molecule has 0 saturated heterocycles. The number of nitrogens with two attached hydrogens (primary N) is 1. The van der Waals surface area contributed by atoms with Crippen molar-refractivity contribution in [3.05, 3.63) is 75.8 Å². The summed E-state index contributed by atoms with van der Waals surface area (Å²) in [7, 11) is 0. The van der Waals surface area contributed by atoms with Crippen LogP contribution < -0.4 is 11.2 Å². The molecule has 0 aliphatic rings. The summed E-state index contributed by atoms with van der Waals surface area (Å²) in [6.45, 7) is 3.72. The summed E-state index contributed by atoms with van der Waals surface area (Å²) in [5.41, 5.74) is 12.5. The third-order valence-corrected chi connectivity index (χ3v) is 5.65. The number of hydrogen-bond donors (Lipinski definition) is 2. The molecule has 3 rings (SSSR count). The van der Waals surface area contributed by atoms with Crippen molar-refractivity contribution in [1.82, 2.24) is 0 Å². The maximum Gasteiger partial charge on any atom is 0.325 e. The van der Waals surface area contributed by atoms with Gasteiger partial charge in [-0.15, -0.1) is 0 Å². The average Bonchev–Trinajstić information content (AvgIpc) is 2.66. The summed E-state index contributed by atoms with van der Waals surface area (Å²) >= 11 is 12.8. The number of halogens is 2. The summed E-state index contributed by atoms with van der Waals surface area (Å²) in [5.74, 6) is 0. The zero-order chi connectivity index (χ0) is 19.6. The van der Waals surface area contributed by atoms with Crippen LogP contribution in [0.4, 0.5) is 0 Å². The van der Waals surface area contributed by atoms with Crippen LogP contribution in [0.25, 0.3) is 22.3 Å². The summed E-state index contributed by atoms with van der Waals surface area (Å²) in [5, 5.41) is 12.1. The minimum atomic E-state index is -0.647. The van der Waals surface area contributed by atoms with Crippen LogP contribution in [0.3, 0.4) is 0 Å². The lowest BCUT2D eigenvalue weighted by Gasteiger charge is -2.18. The Labute approximate surface area is 171 Å². The predicted molar refractivity (Wildman–Crippen MR) is 118 cm³/mol. The van der Waals surface area contributed by atoms with Crippen LogP contribution in [0.2, 0.25) is 16.4 Å². The molecular weight excluding hydrogens is 376 g/mol. The lowest BCUT2D eigenvalue weighted by Crippen LogP contribution is -2.34. The van der Waals surface area contributed by atoms with Crippen molar-refractivity contribution in [2.24, 2.45) is 5.73 Å². The molecule has 27 heavy (non-hydrogen) atoms. The number of benzene rings is 3. The van der Waals surface area contributed by atoms with Crippen molar-refractivity contribution < 1.29 is 5.02 Å². The largest absolute Gasteiger partial charge is 0.446 e. The van der Waals surface area contributed by atoms with Gasteiger partial charge in [-0.1, -0.05) is 65.7 Å². The summed E-state index contributed by atoms with van der Waals surface area (Å²) < 4.78 is 0. The first-order valence-electron chi connectivity index (χ1n) is 8.96. The Kier molecular flexibility index (Phi) is 6.28. The molecule has 0 unspecified atom stereocenters. The molecule has 0 radical (unpaired) electrons. The topological polar surface area (TPSA) is 46.2 Å². The van der Waals surface area contributed by atoms with E-state index in [4.69, 9.17) is 28.9 Å². The zero-order valence-corrected chi connectivity index (χ0v) is 17.0. The minimum Gasteiger partial charge on any atom is -0.446 e. The fourth-order valence-electron chi connectivity index (χ4n) is 3.23. The molecular formula is C22H22BCl2NO. The Balaban J connectivity index is 2.28. The molecule has 3 N–H and O–H groups in total.